The van der Waals surface area contributed by atoms with Crippen LogP contribution in [-0.4, -0.2) is 44.5 Å². The molecule has 2 heterocycles. The monoisotopic (exact) mass is 588 g/mol. The van der Waals surface area contributed by atoms with E-state index in [1.165, 1.54) is 12.1 Å². The van der Waals surface area contributed by atoms with Crippen LogP contribution in [0.4, 0.5) is 35.2 Å². The lowest BCUT2D eigenvalue weighted by molar-refractivity contribution is -0.274. The van der Waals surface area contributed by atoms with Gasteiger partial charge in [-0.1, -0.05) is 61.5 Å². The number of pyridine rings is 1. The number of alkyl halides is 3. The van der Waals surface area contributed by atoms with Crippen molar-refractivity contribution in [3.63, 3.8) is 0 Å². The number of hydrogen-bond donors (Lipinski definition) is 3. The van der Waals surface area contributed by atoms with E-state index < -0.39 is 18.1 Å². The third-order valence-electron chi connectivity index (χ3n) is 6.25. The van der Waals surface area contributed by atoms with Crippen LogP contribution < -0.4 is 20.3 Å². The van der Waals surface area contributed by atoms with Crippen molar-refractivity contribution in [3.05, 3.63) is 96.6 Å². The van der Waals surface area contributed by atoms with E-state index in [4.69, 9.17) is 4.98 Å². The van der Waals surface area contributed by atoms with Gasteiger partial charge in [0.25, 0.3) is 0 Å². The molecule has 0 saturated carbocycles. The fraction of sp³-hybridized carbons (Fsp3) is 0.167. The Morgan fingerprint density at radius 3 is 2.28 bits per heavy atom. The van der Waals surface area contributed by atoms with Crippen LogP contribution in [0, 0.1) is 0 Å². The summed E-state index contributed by atoms with van der Waals surface area (Å²) in [4.78, 5) is 20.1. The molecule has 0 spiro atoms. The van der Waals surface area contributed by atoms with Gasteiger partial charge in [0.1, 0.15) is 11.6 Å². The zero-order valence-electron chi connectivity index (χ0n) is 23.0. The first-order valence-corrected chi connectivity index (χ1v) is 13.4. The van der Waals surface area contributed by atoms with Crippen LogP contribution in [0.5, 0.6) is 5.75 Å². The molecule has 5 aromatic rings. The van der Waals surface area contributed by atoms with Crippen molar-refractivity contribution in [1.29, 1.82) is 0 Å². The summed E-state index contributed by atoms with van der Waals surface area (Å²) in [5, 5.41) is 19.7. The number of amides is 2. The normalized spacial score (nSPS) is 11.2. The average molecular weight is 589 g/mol. The second-order valence-corrected chi connectivity index (χ2v) is 9.45. The van der Waals surface area contributed by atoms with Gasteiger partial charge >= 0.3 is 12.4 Å². The number of carbonyl (C=O) groups is 1. The van der Waals surface area contributed by atoms with Gasteiger partial charge in [0, 0.05) is 41.7 Å². The average Bonchev–Trinajstić information content (AvgIpc) is 3.53. The Morgan fingerprint density at radius 2 is 1.60 bits per heavy atom. The molecule has 5 rings (SSSR count). The smallest absolute Gasteiger partial charge is 0.406 e. The molecule has 0 fully saturated rings. The lowest BCUT2D eigenvalue weighted by Gasteiger charge is -2.25. The van der Waals surface area contributed by atoms with Gasteiger partial charge in [-0.05, 0) is 52.7 Å². The number of nitrogens with one attached hydrogen (secondary N) is 3. The van der Waals surface area contributed by atoms with Crippen LogP contribution in [0.3, 0.4) is 0 Å². The maximum absolute atomic E-state index is 13.0. The molecule has 13 heteroatoms. The molecule has 3 N–H and O–H groups in total. The summed E-state index contributed by atoms with van der Waals surface area (Å²) in [7, 11) is 0. The number of aromatic nitrogens is 5. The van der Waals surface area contributed by atoms with Gasteiger partial charge in [-0.15, -0.1) is 18.3 Å². The molecule has 0 aliphatic rings. The first-order chi connectivity index (χ1) is 20.8. The molecule has 0 bridgehead atoms. The van der Waals surface area contributed by atoms with Crippen LogP contribution in [0.2, 0.25) is 0 Å². The first kappa shape index (κ1) is 29.0. The van der Waals surface area contributed by atoms with E-state index in [2.05, 4.69) is 47.8 Å². The Kier molecular flexibility index (Phi) is 8.79. The number of halogens is 3. The van der Waals surface area contributed by atoms with Gasteiger partial charge in [0.2, 0.25) is 0 Å². The summed E-state index contributed by atoms with van der Waals surface area (Å²) in [5.74, 6) is 0.706. The Bertz CT molecular complexity index is 1650. The topological polar surface area (TPSA) is 121 Å². The Hall–Kier alpha value is -5.46. The van der Waals surface area contributed by atoms with Gasteiger partial charge in [0.05, 0.1) is 5.69 Å². The predicted octanol–water partition coefficient (Wildman–Crippen LogP) is 6.89. The van der Waals surface area contributed by atoms with E-state index >= 15 is 0 Å². The number of aromatic amines is 1. The molecule has 0 radical (unpaired) electrons. The zero-order chi connectivity index (χ0) is 30.2. The highest BCUT2D eigenvalue weighted by Gasteiger charge is 2.31. The van der Waals surface area contributed by atoms with Crippen molar-refractivity contribution in [1.82, 2.24) is 25.6 Å². The quantitative estimate of drug-likeness (QED) is 0.162. The lowest BCUT2D eigenvalue weighted by atomic mass is 10.0. The number of carbonyl (C=O) groups excluding carboxylic acids is 1. The van der Waals surface area contributed by atoms with Crippen LogP contribution in [-0.2, 0) is 6.54 Å². The Morgan fingerprint density at radius 1 is 0.907 bits per heavy atom. The SMILES string of the molecule is CCCN(Cc1ccccc1)c1cc(NC(=O)Nc2ccc(OC(F)(F)F)cc2)cc(-c2ccccc2-c2nnn[nH]2)n1. The minimum absolute atomic E-state index is 0.279. The second kappa shape index (κ2) is 13.0. The summed E-state index contributed by atoms with van der Waals surface area (Å²) >= 11 is 0. The number of H-pyrrole nitrogens is 1. The molecule has 0 aliphatic carbocycles. The van der Waals surface area contributed by atoms with Gasteiger partial charge in [-0.2, -0.15) is 0 Å². The van der Waals surface area contributed by atoms with Crippen LogP contribution in [0.1, 0.15) is 18.9 Å². The third-order valence-corrected chi connectivity index (χ3v) is 6.25. The number of ether oxygens (including phenoxy) is 1. The zero-order valence-corrected chi connectivity index (χ0v) is 23.0. The highest BCUT2D eigenvalue weighted by Crippen LogP contribution is 2.33. The van der Waals surface area contributed by atoms with Crippen LogP contribution >= 0.6 is 0 Å². The Balaban J connectivity index is 1.47. The van der Waals surface area contributed by atoms with Crippen molar-refractivity contribution >= 4 is 23.2 Å². The van der Waals surface area contributed by atoms with Crippen molar-refractivity contribution in [3.8, 4) is 28.4 Å². The maximum atomic E-state index is 13.0. The molecule has 0 aliphatic heterocycles. The molecule has 2 amide bonds. The molecule has 10 nitrogen and oxygen atoms in total. The summed E-state index contributed by atoms with van der Waals surface area (Å²) in [6.45, 7) is 3.37. The van der Waals surface area contributed by atoms with Gasteiger partial charge in [-0.3, -0.25) is 0 Å². The molecular formula is C30H27F3N8O2. The number of anilines is 3. The number of urea groups is 1. The van der Waals surface area contributed by atoms with Crippen molar-refractivity contribution < 1.29 is 22.7 Å². The summed E-state index contributed by atoms with van der Waals surface area (Å²) in [5.41, 5.74) is 3.86. The predicted molar refractivity (Wildman–Crippen MR) is 156 cm³/mol. The van der Waals surface area contributed by atoms with Crippen LogP contribution in [0.15, 0.2) is 91.0 Å². The fourth-order valence-electron chi connectivity index (χ4n) is 4.46. The number of nitrogens with zero attached hydrogens (tertiary/aromatic N) is 5. The second-order valence-electron chi connectivity index (χ2n) is 9.45. The highest BCUT2D eigenvalue weighted by molar-refractivity contribution is 6.00. The van der Waals surface area contributed by atoms with Crippen molar-refractivity contribution in [2.45, 2.75) is 26.3 Å². The molecule has 0 atom stereocenters. The van der Waals surface area contributed by atoms with E-state index in [1.807, 2.05) is 54.6 Å². The molecule has 43 heavy (non-hydrogen) atoms. The minimum Gasteiger partial charge on any atom is -0.406 e. The molecule has 0 saturated heterocycles. The molecule has 0 unspecified atom stereocenters. The van der Waals surface area contributed by atoms with Crippen LogP contribution in [0.25, 0.3) is 22.6 Å². The fourth-order valence-corrected chi connectivity index (χ4v) is 4.46. The number of hydrogen-bond acceptors (Lipinski definition) is 7. The van der Waals surface area contributed by atoms with Gasteiger partial charge in [-0.25, -0.2) is 14.9 Å². The number of tetrazole rings is 1. The minimum atomic E-state index is -4.81. The van der Waals surface area contributed by atoms with E-state index in [9.17, 15) is 18.0 Å². The maximum Gasteiger partial charge on any atom is 0.573 e. The summed E-state index contributed by atoms with van der Waals surface area (Å²) < 4.78 is 41.4. The largest absolute Gasteiger partial charge is 0.573 e. The number of rotatable bonds is 10. The highest BCUT2D eigenvalue weighted by atomic mass is 19.4. The van der Waals surface area contributed by atoms with Crippen molar-refractivity contribution in [2.75, 3.05) is 22.1 Å². The summed E-state index contributed by atoms with van der Waals surface area (Å²) in [6, 6.07) is 25.3. The van der Waals surface area contributed by atoms with Gasteiger partial charge in [0.15, 0.2) is 5.82 Å². The molecular weight excluding hydrogens is 561 g/mol. The van der Waals surface area contributed by atoms with E-state index in [-0.39, 0.29) is 5.69 Å². The molecule has 220 valence electrons. The third kappa shape index (κ3) is 7.85. The molecule has 2 aromatic heterocycles. The molecule has 3 aromatic carbocycles. The van der Waals surface area contributed by atoms with Gasteiger partial charge < -0.3 is 20.3 Å². The Labute approximate surface area is 244 Å². The van der Waals surface area contributed by atoms with E-state index in [0.717, 1.165) is 35.2 Å². The summed E-state index contributed by atoms with van der Waals surface area (Å²) in [6.07, 6.45) is -3.95. The first-order valence-electron chi connectivity index (χ1n) is 13.4. The van der Waals surface area contributed by atoms with E-state index in [0.29, 0.717) is 36.1 Å². The van der Waals surface area contributed by atoms with E-state index in [1.54, 1.807) is 12.1 Å². The lowest BCUT2D eigenvalue weighted by Crippen LogP contribution is -2.25. The standard InChI is InChI=1S/C30H27F3N8O2/c1-2-16-41(19-20-8-4-3-5-9-20)27-18-22(35-29(42)34-21-12-14-23(15-13-21)43-30(31,32)33)17-26(36-27)24-10-6-7-11-25(24)28-37-39-40-38-28/h3-15,17-18H,2,16,19H2,1H3,(H2,34,35,36,42)(H,37,38,39,40). The number of benzene rings is 3. The van der Waals surface area contributed by atoms with Crippen molar-refractivity contribution in [2.24, 2.45) is 0 Å².